The van der Waals surface area contributed by atoms with Crippen molar-refractivity contribution in [2.75, 3.05) is 11.5 Å². The summed E-state index contributed by atoms with van der Waals surface area (Å²) in [6, 6.07) is 19.1. The van der Waals surface area contributed by atoms with Gasteiger partial charge in [-0.15, -0.1) is 5.06 Å². The van der Waals surface area contributed by atoms with E-state index >= 15 is 0 Å². The molecule has 0 aliphatic carbocycles. The minimum absolute atomic E-state index is 0.0394. The molecular formula is C37H39N11O7. The molecule has 4 aromatic heterocycles. The number of hydrogen-bond donors (Lipinski definition) is 4. The third-order valence-electron chi connectivity index (χ3n) is 8.67. The van der Waals surface area contributed by atoms with E-state index in [0.29, 0.717) is 84.2 Å². The number of carbonyl (C=O) groups excluding carboxylic acids is 4. The second-order valence-electron chi connectivity index (χ2n) is 12.9. The lowest BCUT2D eigenvalue weighted by molar-refractivity contribution is -0.197. The summed E-state index contributed by atoms with van der Waals surface area (Å²) in [6.45, 7) is 2.28. The van der Waals surface area contributed by atoms with E-state index < -0.39 is 17.8 Å². The van der Waals surface area contributed by atoms with E-state index in [9.17, 15) is 28.8 Å². The number of benzene rings is 2. The highest BCUT2D eigenvalue weighted by Crippen LogP contribution is 2.19. The predicted octanol–water partition coefficient (Wildman–Crippen LogP) is 2.34. The Hall–Kier alpha value is -6.98. The Labute approximate surface area is 312 Å². The molecular weight excluding hydrogens is 710 g/mol. The highest BCUT2D eigenvalue weighted by molar-refractivity contribution is 6.01. The number of anilines is 2. The van der Waals surface area contributed by atoms with Crippen molar-refractivity contribution in [3.63, 3.8) is 0 Å². The van der Waals surface area contributed by atoms with E-state index in [1.165, 1.54) is 4.57 Å². The highest BCUT2D eigenvalue weighted by atomic mass is 16.7. The molecule has 7 rings (SSSR count). The van der Waals surface area contributed by atoms with Crippen LogP contribution in [-0.2, 0) is 49.9 Å². The van der Waals surface area contributed by atoms with Crippen LogP contribution >= 0.6 is 0 Å². The van der Waals surface area contributed by atoms with Gasteiger partial charge in [0, 0.05) is 38.5 Å². The number of imide groups is 1. The second-order valence-corrected chi connectivity index (χ2v) is 12.9. The summed E-state index contributed by atoms with van der Waals surface area (Å²) in [7, 11) is 0. The van der Waals surface area contributed by atoms with Gasteiger partial charge in [-0.05, 0) is 30.9 Å². The minimum atomic E-state index is -0.694. The topological polar surface area (TPSA) is 260 Å². The van der Waals surface area contributed by atoms with Crippen molar-refractivity contribution >= 4 is 57.5 Å². The van der Waals surface area contributed by atoms with Crippen LogP contribution in [-0.4, -0.2) is 67.7 Å². The predicted molar refractivity (Wildman–Crippen MR) is 200 cm³/mol. The lowest BCUT2D eigenvalue weighted by Gasteiger charge is -2.12. The number of nitrogen functional groups attached to an aromatic ring is 2. The fourth-order valence-corrected chi connectivity index (χ4v) is 5.94. The van der Waals surface area contributed by atoms with Crippen LogP contribution in [0.2, 0.25) is 0 Å². The van der Waals surface area contributed by atoms with Crippen molar-refractivity contribution in [1.82, 2.24) is 44.1 Å². The largest absolute Gasteiger partial charge is 0.382 e. The number of nitrogens with one attached hydrogen (secondary N) is 2. The molecule has 2 aromatic carbocycles. The number of nitrogens with zero attached hydrogens (tertiary/aromatic N) is 7. The number of ketones is 1. The number of aryl methyl sites for hydroxylation is 2. The standard InChI is InChI=1S/C20H20N6O5.C17H19N5O2/c21-18-17-19(25(20(30)24-17)11-12-5-2-1-3-6-12)23-13(22-18)7-4-8-16(29)31-26-14(27)9-10-15(26)28;1-11(23)6-5-9-13-19-15(18)14-16(20-13)22(17(24)21-14)10-12-7-3-2-4-8-12/h1-3,5-6H,4,7-11H2,(H,24,30)(H2,21,22,23);2-4,7-8H,5-6,9-10H2,1H3,(H,21,24)(H2,18,19,20). The number of Topliss-reactive ketones (excluding diaryl/α,β-unsaturated/α-hetero) is 1. The molecule has 0 radical (unpaired) electrons. The summed E-state index contributed by atoms with van der Waals surface area (Å²) in [5, 5.41) is 0.519. The van der Waals surface area contributed by atoms with Crippen LogP contribution in [0.1, 0.15) is 68.2 Å². The zero-order valence-corrected chi connectivity index (χ0v) is 30.0. The first-order valence-corrected chi connectivity index (χ1v) is 17.6. The molecule has 2 amide bonds. The Bertz CT molecular complexity index is 2470. The van der Waals surface area contributed by atoms with Crippen LogP contribution < -0.4 is 22.8 Å². The van der Waals surface area contributed by atoms with Crippen molar-refractivity contribution in [3.8, 4) is 0 Å². The SMILES string of the molecule is CC(=O)CCCc1nc(N)c2[nH]c(=O)n(Cc3ccccc3)c2n1.Nc1nc(CCCC(=O)ON2C(=O)CCC2=O)nc2c1[nH]c(=O)n2Cc1ccccc1. The molecule has 0 bridgehead atoms. The number of rotatable bonds is 13. The molecule has 6 aromatic rings. The molecule has 1 aliphatic heterocycles. The van der Waals surface area contributed by atoms with Crippen molar-refractivity contribution in [1.29, 1.82) is 0 Å². The average molecular weight is 750 g/mol. The van der Waals surface area contributed by atoms with E-state index in [1.807, 2.05) is 60.7 Å². The first-order valence-electron chi connectivity index (χ1n) is 17.6. The number of aromatic nitrogens is 8. The molecule has 1 aliphatic rings. The Balaban J connectivity index is 0.000000193. The van der Waals surface area contributed by atoms with E-state index in [2.05, 4.69) is 29.9 Å². The van der Waals surface area contributed by atoms with Gasteiger partial charge in [-0.1, -0.05) is 60.7 Å². The van der Waals surface area contributed by atoms with Crippen LogP contribution in [0.25, 0.3) is 22.3 Å². The monoisotopic (exact) mass is 749 g/mol. The molecule has 0 saturated carbocycles. The van der Waals surface area contributed by atoms with Crippen molar-refractivity contribution in [2.45, 2.75) is 71.4 Å². The summed E-state index contributed by atoms with van der Waals surface area (Å²) in [4.78, 5) is 98.2. The Morgan fingerprint density at radius 3 is 1.55 bits per heavy atom. The van der Waals surface area contributed by atoms with E-state index in [-0.39, 0.29) is 48.1 Å². The second kappa shape index (κ2) is 16.8. The van der Waals surface area contributed by atoms with Gasteiger partial charge in [0.1, 0.15) is 28.5 Å². The van der Waals surface area contributed by atoms with Crippen LogP contribution in [0.5, 0.6) is 0 Å². The van der Waals surface area contributed by atoms with Gasteiger partial charge in [0.2, 0.25) is 0 Å². The van der Waals surface area contributed by atoms with Crippen molar-refractivity contribution in [3.05, 3.63) is 104 Å². The summed E-state index contributed by atoms with van der Waals surface area (Å²) < 4.78 is 3.03. The normalized spacial score (nSPS) is 12.6. The van der Waals surface area contributed by atoms with Crippen molar-refractivity contribution < 1.29 is 24.0 Å². The summed E-state index contributed by atoms with van der Waals surface area (Å²) in [5.41, 5.74) is 15.0. The number of nitrogens with two attached hydrogens (primary N) is 2. The molecule has 18 heteroatoms. The number of carbonyl (C=O) groups is 4. The van der Waals surface area contributed by atoms with E-state index in [4.69, 9.17) is 16.3 Å². The van der Waals surface area contributed by atoms with Crippen LogP contribution in [0.15, 0.2) is 70.3 Å². The average Bonchev–Trinajstić information content (AvgIpc) is 3.77. The molecule has 284 valence electrons. The molecule has 6 N–H and O–H groups in total. The molecule has 1 fully saturated rings. The fourth-order valence-electron chi connectivity index (χ4n) is 5.94. The van der Waals surface area contributed by atoms with E-state index in [1.54, 1.807) is 11.5 Å². The number of H-pyrrole nitrogens is 2. The van der Waals surface area contributed by atoms with Gasteiger partial charge in [-0.25, -0.2) is 34.3 Å². The third-order valence-corrected chi connectivity index (χ3v) is 8.67. The summed E-state index contributed by atoms with van der Waals surface area (Å²) in [5.74, 6) is -0.310. The van der Waals surface area contributed by atoms with Gasteiger partial charge < -0.3 is 31.1 Å². The smallest absolute Gasteiger partial charge is 0.333 e. The van der Waals surface area contributed by atoms with Crippen LogP contribution in [0.4, 0.5) is 11.6 Å². The van der Waals surface area contributed by atoms with Crippen LogP contribution in [0.3, 0.4) is 0 Å². The maximum atomic E-state index is 12.4. The van der Waals surface area contributed by atoms with Gasteiger partial charge in [0.25, 0.3) is 11.8 Å². The van der Waals surface area contributed by atoms with Crippen molar-refractivity contribution in [2.24, 2.45) is 0 Å². The van der Waals surface area contributed by atoms with Gasteiger partial charge >= 0.3 is 17.3 Å². The van der Waals surface area contributed by atoms with Gasteiger partial charge in [0.05, 0.1) is 13.1 Å². The quantitative estimate of drug-likeness (QED) is 0.124. The minimum Gasteiger partial charge on any atom is -0.382 e. The van der Waals surface area contributed by atoms with E-state index in [0.717, 1.165) is 11.1 Å². The molecule has 0 atom stereocenters. The number of amides is 2. The first kappa shape index (κ1) is 37.8. The zero-order chi connectivity index (χ0) is 39.1. The van der Waals surface area contributed by atoms with Crippen LogP contribution in [0, 0.1) is 0 Å². The number of imidazole rings is 2. The molecule has 55 heavy (non-hydrogen) atoms. The van der Waals surface area contributed by atoms with Gasteiger partial charge in [-0.3, -0.25) is 18.7 Å². The maximum Gasteiger partial charge on any atom is 0.333 e. The fraction of sp³-hybridized carbons (Fsp3) is 0.297. The van der Waals surface area contributed by atoms with Gasteiger partial charge in [-0.2, -0.15) is 0 Å². The lowest BCUT2D eigenvalue weighted by atomic mass is 10.2. The summed E-state index contributed by atoms with van der Waals surface area (Å²) in [6.07, 6.45) is 2.34. The molecule has 5 heterocycles. The molecule has 18 nitrogen and oxygen atoms in total. The Morgan fingerprint density at radius 2 is 1.11 bits per heavy atom. The zero-order valence-electron chi connectivity index (χ0n) is 30.0. The molecule has 1 saturated heterocycles. The number of aromatic amines is 2. The van der Waals surface area contributed by atoms with Gasteiger partial charge in [0.15, 0.2) is 22.9 Å². The highest BCUT2D eigenvalue weighted by Gasteiger charge is 2.32. The number of hydroxylamine groups is 2. The maximum absolute atomic E-state index is 12.4. The first-order chi connectivity index (χ1) is 26.5. The third kappa shape index (κ3) is 9.16. The Kier molecular flexibility index (Phi) is 11.5. The molecule has 0 unspecified atom stereocenters. The molecule has 0 spiro atoms. The Morgan fingerprint density at radius 1 is 0.673 bits per heavy atom. The lowest BCUT2D eigenvalue weighted by Crippen LogP contribution is -2.32. The number of fused-ring (bicyclic) bond motifs is 2. The number of hydrogen-bond acceptors (Lipinski definition) is 13. The summed E-state index contributed by atoms with van der Waals surface area (Å²) >= 11 is 0.